The molecule has 36 heavy (non-hydrogen) atoms. The van der Waals surface area contributed by atoms with Gasteiger partial charge in [0.15, 0.2) is 0 Å². The van der Waals surface area contributed by atoms with Crippen molar-refractivity contribution in [2.24, 2.45) is 11.8 Å². The van der Waals surface area contributed by atoms with Gasteiger partial charge in [-0.1, -0.05) is 48.5 Å². The van der Waals surface area contributed by atoms with Crippen molar-refractivity contribution in [2.45, 2.75) is 36.5 Å². The average molecular weight is 479 g/mol. The molecule has 4 N–H and O–H groups in total. The smallest absolute Gasteiger partial charge is 0.115 e. The van der Waals surface area contributed by atoms with E-state index in [1.54, 1.807) is 48.5 Å². The number of phenolic OH excluding ortho intramolecular Hbond substituents is 4. The van der Waals surface area contributed by atoms with Crippen molar-refractivity contribution in [3.8, 4) is 23.0 Å². The Kier molecular flexibility index (Phi) is 5.22. The molecule has 0 amide bonds. The third-order valence-electron chi connectivity index (χ3n) is 8.79. The van der Waals surface area contributed by atoms with Gasteiger partial charge in [-0.25, -0.2) is 0 Å². The maximum Gasteiger partial charge on any atom is 0.115 e. The Bertz CT molecular complexity index is 1140. The summed E-state index contributed by atoms with van der Waals surface area (Å²) in [6.45, 7) is 0. The summed E-state index contributed by atoms with van der Waals surface area (Å²) in [6.07, 6.45) is 3.91. The molecular formula is C32H30O4. The molecule has 2 aliphatic rings. The van der Waals surface area contributed by atoms with Crippen molar-refractivity contribution in [3.63, 3.8) is 0 Å². The van der Waals surface area contributed by atoms with Crippen LogP contribution in [-0.4, -0.2) is 20.4 Å². The quantitative estimate of drug-likeness (QED) is 0.266. The molecule has 0 radical (unpaired) electrons. The zero-order valence-electron chi connectivity index (χ0n) is 20.0. The van der Waals surface area contributed by atoms with Gasteiger partial charge in [-0.05, 0) is 108 Å². The predicted molar refractivity (Wildman–Crippen MR) is 139 cm³/mol. The second kappa shape index (κ2) is 8.34. The predicted octanol–water partition coefficient (Wildman–Crippen LogP) is 6.60. The Morgan fingerprint density at radius 3 is 0.750 bits per heavy atom. The van der Waals surface area contributed by atoms with Crippen LogP contribution in [0.4, 0.5) is 0 Å². The largest absolute Gasteiger partial charge is 0.508 e. The van der Waals surface area contributed by atoms with E-state index in [1.165, 1.54) is 22.3 Å². The molecule has 4 aromatic carbocycles. The SMILES string of the molecule is Oc1ccc(C2(c3ccc(O)cc3)CC3CC(c4ccc(O)cc4)(c4ccc(O)cc4)CC3C2)cc1. The van der Waals surface area contributed by atoms with Crippen molar-refractivity contribution >= 4 is 0 Å². The van der Waals surface area contributed by atoms with E-state index in [9.17, 15) is 20.4 Å². The van der Waals surface area contributed by atoms with Gasteiger partial charge in [-0.2, -0.15) is 0 Å². The van der Waals surface area contributed by atoms with Crippen molar-refractivity contribution in [1.82, 2.24) is 0 Å². The second-order valence-corrected chi connectivity index (χ2v) is 10.7. The van der Waals surface area contributed by atoms with E-state index in [4.69, 9.17) is 0 Å². The number of hydrogen-bond acceptors (Lipinski definition) is 4. The lowest BCUT2D eigenvalue weighted by molar-refractivity contribution is 0.408. The molecule has 4 heteroatoms. The van der Waals surface area contributed by atoms with E-state index >= 15 is 0 Å². The van der Waals surface area contributed by atoms with Crippen LogP contribution in [0.15, 0.2) is 97.1 Å². The van der Waals surface area contributed by atoms with E-state index in [1.807, 2.05) is 48.5 Å². The van der Waals surface area contributed by atoms with Gasteiger partial charge >= 0.3 is 0 Å². The van der Waals surface area contributed by atoms with E-state index < -0.39 is 0 Å². The van der Waals surface area contributed by atoms with Gasteiger partial charge in [0.05, 0.1) is 0 Å². The Morgan fingerprint density at radius 1 is 0.361 bits per heavy atom. The third-order valence-corrected chi connectivity index (χ3v) is 8.79. The van der Waals surface area contributed by atoms with Gasteiger partial charge in [-0.3, -0.25) is 0 Å². The number of fused-ring (bicyclic) bond motifs is 1. The molecule has 2 saturated carbocycles. The summed E-state index contributed by atoms with van der Waals surface area (Å²) in [5, 5.41) is 39.8. The van der Waals surface area contributed by atoms with Crippen molar-refractivity contribution in [1.29, 1.82) is 0 Å². The lowest BCUT2D eigenvalue weighted by atomic mass is 9.67. The molecule has 2 aliphatic carbocycles. The Labute approximate surface area is 211 Å². The number of benzene rings is 4. The van der Waals surface area contributed by atoms with Crippen LogP contribution >= 0.6 is 0 Å². The molecule has 2 fully saturated rings. The highest BCUT2D eigenvalue weighted by Crippen LogP contribution is 2.63. The molecule has 6 rings (SSSR count). The first-order chi connectivity index (χ1) is 17.4. The molecule has 4 aromatic rings. The Balaban J connectivity index is 1.42. The number of phenols is 4. The van der Waals surface area contributed by atoms with Gasteiger partial charge in [0.25, 0.3) is 0 Å². The van der Waals surface area contributed by atoms with E-state index in [0.29, 0.717) is 11.8 Å². The maximum atomic E-state index is 9.94. The minimum absolute atomic E-state index is 0.188. The standard InChI is InChI=1S/C32H30O4/c33-27-9-1-23(2-10-27)31(24-3-11-28(34)12-4-24)17-21-19-32(20-22(21)18-31,25-5-13-29(35)14-6-25)26-7-15-30(36)16-8-26/h1-16,21-22,33-36H,17-20H2. The highest BCUT2D eigenvalue weighted by molar-refractivity contribution is 5.48. The maximum absolute atomic E-state index is 9.94. The second-order valence-electron chi connectivity index (χ2n) is 10.7. The first kappa shape index (κ1) is 22.5. The van der Waals surface area contributed by atoms with Crippen molar-refractivity contribution in [3.05, 3.63) is 119 Å². The minimum Gasteiger partial charge on any atom is -0.508 e. The van der Waals surface area contributed by atoms with Crippen LogP contribution in [0, 0.1) is 11.8 Å². The van der Waals surface area contributed by atoms with Gasteiger partial charge in [0.2, 0.25) is 0 Å². The summed E-state index contributed by atoms with van der Waals surface area (Å²) >= 11 is 0. The molecule has 0 atom stereocenters. The van der Waals surface area contributed by atoms with E-state index in [2.05, 4.69) is 0 Å². The molecule has 0 saturated heterocycles. The number of aromatic hydroxyl groups is 4. The van der Waals surface area contributed by atoms with Gasteiger partial charge < -0.3 is 20.4 Å². The number of hydrogen-bond donors (Lipinski definition) is 4. The fourth-order valence-corrected chi connectivity index (χ4v) is 7.17. The lowest BCUT2D eigenvalue weighted by Gasteiger charge is -2.36. The average Bonchev–Trinajstić information content (AvgIpc) is 3.41. The molecule has 0 bridgehead atoms. The van der Waals surface area contributed by atoms with Crippen LogP contribution in [0.3, 0.4) is 0 Å². The fourth-order valence-electron chi connectivity index (χ4n) is 7.17. The zero-order chi connectivity index (χ0) is 24.9. The highest BCUT2D eigenvalue weighted by Gasteiger charge is 2.56. The Hall–Kier alpha value is -3.92. The molecule has 0 aromatic heterocycles. The summed E-state index contributed by atoms with van der Waals surface area (Å²) in [7, 11) is 0. The molecule has 0 aliphatic heterocycles. The third kappa shape index (κ3) is 3.60. The van der Waals surface area contributed by atoms with Gasteiger partial charge in [0.1, 0.15) is 23.0 Å². The number of rotatable bonds is 4. The first-order valence-electron chi connectivity index (χ1n) is 12.6. The molecule has 0 heterocycles. The van der Waals surface area contributed by atoms with Crippen LogP contribution < -0.4 is 0 Å². The first-order valence-corrected chi connectivity index (χ1v) is 12.6. The van der Waals surface area contributed by atoms with Gasteiger partial charge in [-0.15, -0.1) is 0 Å². The zero-order valence-corrected chi connectivity index (χ0v) is 20.0. The van der Waals surface area contributed by atoms with Crippen LogP contribution in [0.1, 0.15) is 47.9 Å². The van der Waals surface area contributed by atoms with Gasteiger partial charge in [0, 0.05) is 10.8 Å². The molecule has 4 nitrogen and oxygen atoms in total. The van der Waals surface area contributed by atoms with Crippen LogP contribution in [0.2, 0.25) is 0 Å². The highest BCUT2D eigenvalue weighted by atomic mass is 16.3. The fraction of sp³-hybridized carbons (Fsp3) is 0.250. The summed E-state index contributed by atoms with van der Waals surface area (Å²) in [6, 6.07) is 30.4. The lowest BCUT2D eigenvalue weighted by Crippen LogP contribution is -2.30. The van der Waals surface area contributed by atoms with Crippen LogP contribution in [0.25, 0.3) is 0 Å². The minimum atomic E-state index is -0.188. The van der Waals surface area contributed by atoms with Crippen LogP contribution in [0.5, 0.6) is 23.0 Å². The van der Waals surface area contributed by atoms with E-state index in [-0.39, 0.29) is 33.8 Å². The topological polar surface area (TPSA) is 80.9 Å². The summed E-state index contributed by atoms with van der Waals surface area (Å²) in [5.41, 5.74) is 4.40. The van der Waals surface area contributed by atoms with Crippen LogP contribution in [-0.2, 0) is 10.8 Å². The summed E-state index contributed by atoms with van der Waals surface area (Å²) in [5.74, 6) is 1.98. The Morgan fingerprint density at radius 2 is 0.556 bits per heavy atom. The summed E-state index contributed by atoms with van der Waals surface area (Å²) < 4.78 is 0. The molecule has 182 valence electrons. The molecular weight excluding hydrogens is 448 g/mol. The normalized spacial score (nSPS) is 21.8. The van der Waals surface area contributed by atoms with E-state index in [0.717, 1.165) is 25.7 Å². The van der Waals surface area contributed by atoms with Crippen molar-refractivity contribution in [2.75, 3.05) is 0 Å². The van der Waals surface area contributed by atoms with Crippen molar-refractivity contribution < 1.29 is 20.4 Å². The summed E-state index contributed by atoms with van der Waals surface area (Å²) in [4.78, 5) is 0. The molecule has 0 unspecified atom stereocenters. The monoisotopic (exact) mass is 478 g/mol. The molecule has 0 spiro atoms.